The van der Waals surface area contributed by atoms with Crippen molar-refractivity contribution in [1.29, 1.82) is 0 Å². The van der Waals surface area contributed by atoms with Crippen molar-refractivity contribution in [2.45, 2.75) is 111 Å². The first kappa shape index (κ1) is 25.5. The van der Waals surface area contributed by atoms with Gasteiger partial charge in [-0.15, -0.1) is 0 Å². The number of allylic oxidation sites excluding steroid dienone is 1. The molecule has 2 nitrogen and oxygen atoms in total. The van der Waals surface area contributed by atoms with Gasteiger partial charge >= 0.3 is 5.97 Å². The van der Waals surface area contributed by atoms with Crippen molar-refractivity contribution in [2.24, 2.45) is 5.41 Å². The van der Waals surface area contributed by atoms with Crippen molar-refractivity contribution in [1.82, 2.24) is 0 Å². The Morgan fingerprint density at radius 3 is 1.93 bits per heavy atom. The molecule has 0 saturated heterocycles. The van der Waals surface area contributed by atoms with Gasteiger partial charge in [0.25, 0.3) is 0 Å². The van der Waals surface area contributed by atoms with E-state index in [0.717, 1.165) is 18.4 Å². The molecule has 0 fully saturated rings. The van der Waals surface area contributed by atoms with E-state index in [1.165, 1.54) is 57.8 Å². The van der Waals surface area contributed by atoms with Crippen LogP contribution in [0.1, 0.15) is 117 Å². The van der Waals surface area contributed by atoms with Crippen LogP contribution in [-0.4, -0.2) is 5.97 Å². The summed E-state index contributed by atoms with van der Waals surface area (Å²) in [5.74, 6) is -0.194. The van der Waals surface area contributed by atoms with E-state index in [2.05, 4.69) is 39.8 Å². The van der Waals surface area contributed by atoms with E-state index in [1.807, 2.05) is 31.2 Å². The van der Waals surface area contributed by atoms with Crippen molar-refractivity contribution in [3.8, 4) is 0 Å². The molecule has 0 N–H and O–H groups in total. The molecule has 0 aliphatic carbocycles. The Labute approximate surface area is 180 Å². The maximum atomic E-state index is 12.6. The Kier molecular flexibility index (Phi) is 12.7. The van der Waals surface area contributed by atoms with E-state index in [9.17, 15) is 4.79 Å². The highest BCUT2D eigenvalue weighted by Crippen LogP contribution is 2.26. The van der Waals surface area contributed by atoms with E-state index >= 15 is 0 Å². The highest BCUT2D eigenvalue weighted by atomic mass is 16.5. The molecule has 0 amide bonds. The van der Waals surface area contributed by atoms with Crippen molar-refractivity contribution in [3.05, 3.63) is 47.5 Å². The number of hydrogen-bond donors (Lipinski definition) is 0. The van der Waals surface area contributed by atoms with E-state index in [-0.39, 0.29) is 17.5 Å². The normalized spacial score (nSPS) is 13.3. The quantitative estimate of drug-likeness (QED) is 0.177. The number of esters is 1. The lowest BCUT2D eigenvalue weighted by Gasteiger charge is -2.20. The average Bonchev–Trinajstić information content (AvgIpc) is 2.67. The van der Waals surface area contributed by atoms with Crippen LogP contribution >= 0.6 is 0 Å². The van der Waals surface area contributed by atoms with E-state index in [1.54, 1.807) is 0 Å². The number of unbranched alkanes of at least 4 members (excludes halogenated alkanes) is 9. The number of ether oxygens (including phenoxy) is 1. The van der Waals surface area contributed by atoms with Crippen LogP contribution in [0, 0.1) is 5.41 Å². The summed E-state index contributed by atoms with van der Waals surface area (Å²) in [7, 11) is 0. The SMILES string of the molecule is CCCCCCCCCCCCC(OC(=O)C(C)=CC(C)(C)C)c1ccccc1. The molecule has 0 saturated carbocycles. The Bertz CT molecular complexity index is 580. The van der Waals surface area contributed by atoms with Crippen molar-refractivity contribution in [2.75, 3.05) is 0 Å². The summed E-state index contributed by atoms with van der Waals surface area (Å²) >= 11 is 0. The van der Waals surface area contributed by atoms with Crippen LogP contribution in [0.25, 0.3) is 0 Å². The first-order valence-electron chi connectivity index (χ1n) is 11.8. The minimum Gasteiger partial charge on any atom is -0.454 e. The summed E-state index contributed by atoms with van der Waals surface area (Å²) in [6.45, 7) is 10.4. The van der Waals surface area contributed by atoms with Gasteiger partial charge in [-0.2, -0.15) is 0 Å². The van der Waals surface area contributed by atoms with Crippen LogP contribution in [0.2, 0.25) is 0 Å². The lowest BCUT2D eigenvalue weighted by Crippen LogP contribution is -2.14. The minimum atomic E-state index is -0.194. The van der Waals surface area contributed by atoms with Gasteiger partial charge in [0.05, 0.1) is 0 Å². The molecule has 1 aromatic carbocycles. The summed E-state index contributed by atoms with van der Waals surface area (Å²) in [5, 5.41) is 0. The molecule has 1 rings (SSSR count). The van der Waals surface area contributed by atoms with Crippen molar-refractivity contribution in [3.63, 3.8) is 0 Å². The second-order valence-electron chi connectivity index (χ2n) is 9.47. The summed E-state index contributed by atoms with van der Waals surface area (Å²) in [6.07, 6.45) is 15.9. The highest BCUT2D eigenvalue weighted by Gasteiger charge is 2.19. The molecule has 0 spiro atoms. The zero-order chi connectivity index (χ0) is 21.5. The van der Waals surface area contributed by atoms with E-state index < -0.39 is 0 Å². The molecule has 0 bridgehead atoms. The maximum absolute atomic E-state index is 12.6. The van der Waals surface area contributed by atoms with Gasteiger partial charge in [-0.25, -0.2) is 4.79 Å². The molecule has 0 aromatic heterocycles. The first-order valence-corrected chi connectivity index (χ1v) is 11.8. The van der Waals surface area contributed by atoms with Crippen LogP contribution in [0.3, 0.4) is 0 Å². The molecule has 29 heavy (non-hydrogen) atoms. The third-order valence-electron chi connectivity index (χ3n) is 5.21. The van der Waals surface area contributed by atoms with Crippen LogP contribution in [0.4, 0.5) is 0 Å². The maximum Gasteiger partial charge on any atom is 0.334 e. The fourth-order valence-electron chi connectivity index (χ4n) is 3.71. The zero-order valence-electron chi connectivity index (χ0n) is 19.6. The Balaban J connectivity index is 2.44. The Morgan fingerprint density at radius 1 is 0.897 bits per heavy atom. The number of carbonyl (C=O) groups is 1. The van der Waals surface area contributed by atoms with Gasteiger partial charge in [-0.05, 0) is 30.7 Å². The van der Waals surface area contributed by atoms with Gasteiger partial charge in [-0.1, -0.05) is 122 Å². The summed E-state index contributed by atoms with van der Waals surface area (Å²) in [6, 6.07) is 10.2. The van der Waals surface area contributed by atoms with Crippen LogP contribution in [0.5, 0.6) is 0 Å². The number of hydrogen-bond acceptors (Lipinski definition) is 2. The average molecular weight is 401 g/mol. The molecule has 1 atom stereocenters. The fraction of sp³-hybridized carbons (Fsp3) is 0.667. The summed E-state index contributed by atoms with van der Waals surface area (Å²) < 4.78 is 5.92. The van der Waals surface area contributed by atoms with Gasteiger partial charge in [0.1, 0.15) is 6.10 Å². The van der Waals surface area contributed by atoms with Crippen LogP contribution in [-0.2, 0) is 9.53 Å². The van der Waals surface area contributed by atoms with Gasteiger partial charge in [0, 0.05) is 5.57 Å². The van der Waals surface area contributed by atoms with Gasteiger partial charge in [0.2, 0.25) is 0 Å². The number of rotatable bonds is 14. The largest absolute Gasteiger partial charge is 0.454 e. The molecule has 164 valence electrons. The molecule has 0 aliphatic heterocycles. The summed E-state index contributed by atoms with van der Waals surface area (Å²) in [4.78, 5) is 12.6. The second kappa shape index (κ2) is 14.4. The van der Waals surface area contributed by atoms with Gasteiger partial charge < -0.3 is 4.74 Å². The smallest absolute Gasteiger partial charge is 0.334 e. The molecule has 1 aromatic rings. The Hall–Kier alpha value is -1.57. The van der Waals surface area contributed by atoms with E-state index in [4.69, 9.17) is 4.74 Å². The third kappa shape index (κ3) is 12.6. The van der Waals surface area contributed by atoms with Crippen LogP contribution in [0.15, 0.2) is 42.0 Å². The minimum absolute atomic E-state index is 0.0259. The molecule has 0 aliphatic rings. The molecule has 2 heteroatoms. The summed E-state index contributed by atoms with van der Waals surface area (Å²) in [5.41, 5.74) is 1.77. The Morgan fingerprint density at radius 2 is 1.41 bits per heavy atom. The molecule has 0 radical (unpaired) electrons. The van der Waals surface area contributed by atoms with Crippen molar-refractivity contribution < 1.29 is 9.53 Å². The topological polar surface area (TPSA) is 26.3 Å². The standard InChI is InChI=1S/C27H44O2/c1-6-7-8-9-10-11-12-13-14-18-21-25(24-19-16-15-17-20-24)29-26(28)23(2)22-27(3,4)5/h15-17,19-20,22,25H,6-14,18,21H2,1-5H3. The van der Waals surface area contributed by atoms with Gasteiger partial charge in [-0.3, -0.25) is 0 Å². The predicted octanol–water partition coefficient (Wildman–Crippen LogP) is 8.57. The fourth-order valence-corrected chi connectivity index (χ4v) is 3.71. The lowest BCUT2D eigenvalue weighted by atomic mass is 9.94. The van der Waals surface area contributed by atoms with Gasteiger partial charge in [0.15, 0.2) is 0 Å². The number of carbonyl (C=O) groups excluding carboxylic acids is 1. The van der Waals surface area contributed by atoms with E-state index in [0.29, 0.717) is 5.57 Å². The van der Waals surface area contributed by atoms with Crippen LogP contribution < -0.4 is 0 Å². The lowest BCUT2D eigenvalue weighted by molar-refractivity contribution is -0.145. The zero-order valence-corrected chi connectivity index (χ0v) is 19.6. The number of benzene rings is 1. The molecular weight excluding hydrogens is 356 g/mol. The first-order chi connectivity index (χ1) is 13.8. The predicted molar refractivity (Wildman–Crippen MR) is 125 cm³/mol. The molecule has 1 unspecified atom stereocenters. The molecular formula is C27H44O2. The second-order valence-corrected chi connectivity index (χ2v) is 9.47. The monoisotopic (exact) mass is 400 g/mol. The highest BCUT2D eigenvalue weighted by molar-refractivity contribution is 5.88. The third-order valence-corrected chi connectivity index (χ3v) is 5.21. The van der Waals surface area contributed by atoms with Crippen molar-refractivity contribution >= 4 is 5.97 Å². The molecule has 0 heterocycles.